The summed E-state index contributed by atoms with van der Waals surface area (Å²) in [6.07, 6.45) is 0.667. The molecular formula is C12H15ClFNO2S. The van der Waals surface area contributed by atoms with E-state index in [0.29, 0.717) is 0 Å². The highest BCUT2D eigenvalue weighted by Gasteiger charge is 2.20. The quantitative estimate of drug-likeness (QED) is 0.662. The highest BCUT2D eigenvalue weighted by atomic mass is 35.5. The molecule has 0 aliphatic carbocycles. The molecule has 0 bridgehead atoms. The number of aliphatic hydroxyl groups excluding tert-OH is 1. The average Bonchev–Trinajstić information content (AvgIpc) is 2.29. The maximum atomic E-state index is 14.0. The van der Waals surface area contributed by atoms with Gasteiger partial charge in [0.05, 0.1) is 15.5 Å². The molecule has 1 amide bonds. The first-order chi connectivity index (χ1) is 8.38. The molecule has 2 N–H and O–H groups in total. The fraction of sp³-hybridized carbons (Fsp3) is 0.417. The first-order valence-corrected chi connectivity index (χ1v) is 6.99. The minimum Gasteiger partial charge on any atom is -0.373 e. The summed E-state index contributed by atoms with van der Waals surface area (Å²) >= 11 is 6.95. The zero-order chi connectivity index (χ0) is 13.9. The van der Waals surface area contributed by atoms with Gasteiger partial charge in [0.15, 0.2) is 5.82 Å². The summed E-state index contributed by atoms with van der Waals surface area (Å²) in [6, 6.07) is 2.77. The molecule has 18 heavy (non-hydrogen) atoms. The Bertz CT molecular complexity index is 454. The van der Waals surface area contributed by atoms with Crippen molar-refractivity contribution in [2.45, 2.75) is 25.0 Å². The number of carbonyl (C=O) groups excluding carboxylic acids is 1. The monoisotopic (exact) mass is 291 g/mol. The highest BCUT2D eigenvalue weighted by molar-refractivity contribution is 7.98. The molecule has 1 aromatic carbocycles. The predicted molar refractivity (Wildman–Crippen MR) is 71.5 cm³/mol. The number of halogens is 2. The van der Waals surface area contributed by atoms with Gasteiger partial charge in [-0.05, 0) is 24.3 Å². The largest absolute Gasteiger partial charge is 0.373 e. The van der Waals surface area contributed by atoms with Crippen LogP contribution in [0.25, 0.3) is 0 Å². The number of amides is 1. The molecule has 0 aliphatic rings. The van der Waals surface area contributed by atoms with Crippen LogP contribution in [-0.4, -0.2) is 23.5 Å². The highest BCUT2D eigenvalue weighted by Crippen LogP contribution is 2.30. The fourth-order valence-electron chi connectivity index (χ4n) is 1.27. The second kappa shape index (κ2) is 6.41. The van der Waals surface area contributed by atoms with Crippen molar-refractivity contribution in [1.29, 1.82) is 0 Å². The lowest BCUT2D eigenvalue weighted by Crippen LogP contribution is -2.38. The maximum absolute atomic E-state index is 14.0. The molecule has 0 aromatic heterocycles. The van der Waals surface area contributed by atoms with Gasteiger partial charge in [-0.2, -0.15) is 0 Å². The molecule has 0 saturated carbocycles. The van der Waals surface area contributed by atoms with Gasteiger partial charge < -0.3 is 10.4 Å². The SMILES string of the molecule is CSc1c(Cl)ccc(C(=O)NC(O)C(C)C)c1F. The van der Waals surface area contributed by atoms with Crippen molar-refractivity contribution in [2.24, 2.45) is 5.92 Å². The van der Waals surface area contributed by atoms with Crippen molar-refractivity contribution in [3.8, 4) is 0 Å². The molecule has 1 rings (SSSR count). The number of hydrogen-bond acceptors (Lipinski definition) is 3. The molecule has 1 aromatic rings. The first-order valence-electron chi connectivity index (χ1n) is 5.39. The lowest BCUT2D eigenvalue weighted by atomic mass is 10.1. The van der Waals surface area contributed by atoms with Crippen molar-refractivity contribution in [3.63, 3.8) is 0 Å². The van der Waals surface area contributed by atoms with Gasteiger partial charge in [0.25, 0.3) is 5.91 Å². The molecule has 6 heteroatoms. The lowest BCUT2D eigenvalue weighted by Gasteiger charge is -2.17. The van der Waals surface area contributed by atoms with Gasteiger partial charge >= 0.3 is 0 Å². The molecule has 0 fully saturated rings. The summed E-state index contributed by atoms with van der Waals surface area (Å²) in [4.78, 5) is 12.0. The Kier molecular flexibility index (Phi) is 5.44. The van der Waals surface area contributed by atoms with Crippen LogP contribution in [0.1, 0.15) is 24.2 Å². The average molecular weight is 292 g/mol. The van der Waals surface area contributed by atoms with E-state index in [1.807, 2.05) is 0 Å². The summed E-state index contributed by atoms with van der Waals surface area (Å²) < 4.78 is 14.0. The number of carbonyl (C=O) groups is 1. The third-order valence-electron chi connectivity index (χ3n) is 2.41. The number of rotatable bonds is 4. The molecule has 1 unspecified atom stereocenters. The lowest BCUT2D eigenvalue weighted by molar-refractivity contribution is 0.0643. The standard InChI is InChI=1S/C12H15ClFNO2S/c1-6(2)11(16)15-12(17)7-4-5-8(13)10(18-3)9(7)14/h4-6,11,16H,1-3H3,(H,15,17). The topological polar surface area (TPSA) is 49.3 Å². The first kappa shape index (κ1) is 15.3. The Morgan fingerprint density at radius 3 is 2.61 bits per heavy atom. The summed E-state index contributed by atoms with van der Waals surface area (Å²) in [6.45, 7) is 3.49. The van der Waals surface area contributed by atoms with Crippen molar-refractivity contribution < 1.29 is 14.3 Å². The zero-order valence-electron chi connectivity index (χ0n) is 10.3. The Labute approximate surface area is 115 Å². The van der Waals surface area contributed by atoms with Crippen LogP contribution >= 0.6 is 23.4 Å². The summed E-state index contributed by atoms with van der Waals surface area (Å²) in [7, 11) is 0. The van der Waals surface area contributed by atoms with Crippen LogP contribution in [0.2, 0.25) is 5.02 Å². The summed E-state index contributed by atoms with van der Waals surface area (Å²) in [5.74, 6) is -1.46. The van der Waals surface area contributed by atoms with Crippen LogP contribution in [0, 0.1) is 11.7 Å². The Hall–Kier alpha value is -0.780. The van der Waals surface area contributed by atoms with Crippen molar-refractivity contribution in [1.82, 2.24) is 5.32 Å². The normalized spacial score (nSPS) is 12.6. The van der Waals surface area contributed by atoms with Crippen LogP contribution in [0.4, 0.5) is 4.39 Å². The third kappa shape index (κ3) is 3.37. The van der Waals surface area contributed by atoms with Gasteiger partial charge in [-0.25, -0.2) is 4.39 Å². The minimum atomic E-state index is -1.01. The predicted octanol–water partition coefficient (Wildman–Crippen LogP) is 2.91. The van der Waals surface area contributed by atoms with Gasteiger partial charge in [0, 0.05) is 0 Å². The molecule has 1 atom stereocenters. The van der Waals surface area contributed by atoms with Crippen LogP contribution in [0.3, 0.4) is 0 Å². The number of aliphatic hydroxyl groups is 1. The van der Waals surface area contributed by atoms with E-state index in [4.69, 9.17) is 11.6 Å². The zero-order valence-corrected chi connectivity index (χ0v) is 11.9. The van der Waals surface area contributed by atoms with Crippen molar-refractivity contribution in [3.05, 3.63) is 28.5 Å². The second-order valence-electron chi connectivity index (χ2n) is 4.10. The van der Waals surface area contributed by atoms with E-state index in [1.54, 1.807) is 20.1 Å². The van der Waals surface area contributed by atoms with Gasteiger partial charge in [-0.15, -0.1) is 11.8 Å². The van der Waals surface area contributed by atoms with E-state index in [9.17, 15) is 14.3 Å². The Morgan fingerprint density at radius 2 is 2.11 bits per heavy atom. The fourth-order valence-corrected chi connectivity index (χ4v) is 2.20. The van der Waals surface area contributed by atoms with E-state index in [1.165, 1.54) is 12.1 Å². The van der Waals surface area contributed by atoms with E-state index in [2.05, 4.69) is 5.32 Å². The van der Waals surface area contributed by atoms with Gasteiger partial charge in [0.1, 0.15) is 6.23 Å². The molecule has 3 nitrogen and oxygen atoms in total. The van der Waals surface area contributed by atoms with Crippen LogP contribution in [-0.2, 0) is 0 Å². The molecule has 0 aliphatic heterocycles. The molecule has 0 radical (unpaired) electrons. The number of thioether (sulfide) groups is 1. The molecule has 0 heterocycles. The third-order valence-corrected chi connectivity index (χ3v) is 3.64. The van der Waals surface area contributed by atoms with E-state index >= 15 is 0 Å². The van der Waals surface area contributed by atoms with Gasteiger partial charge in [-0.1, -0.05) is 25.4 Å². The number of nitrogens with one attached hydrogen (secondary N) is 1. The van der Waals surface area contributed by atoms with Crippen LogP contribution in [0.15, 0.2) is 17.0 Å². The Morgan fingerprint density at radius 1 is 1.50 bits per heavy atom. The van der Waals surface area contributed by atoms with Gasteiger partial charge in [0.2, 0.25) is 0 Å². The van der Waals surface area contributed by atoms with Crippen LogP contribution in [0.5, 0.6) is 0 Å². The second-order valence-corrected chi connectivity index (χ2v) is 5.33. The molecule has 100 valence electrons. The number of benzene rings is 1. The van der Waals surface area contributed by atoms with Crippen molar-refractivity contribution >= 4 is 29.3 Å². The van der Waals surface area contributed by atoms with E-state index in [0.717, 1.165) is 11.8 Å². The van der Waals surface area contributed by atoms with E-state index < -0.39 is 18.0 Å². The molecule has 0 saturated heterocycles. The van der Waals surface area contributed by atoms with Crippen LogP contribution < -0.4 is 5.32 Å². The smallest absolute Gasteiger partial charge is 0.256 e. The van der Waals surface area contributed by atoms with Gasteiger partial charge in [-0.3, -0.25) is 4.79 Å². The Balaban J connectivity index is 3.00. The van der Waals surface area contributed by atoms with Crippen molar-refractivity contribution in [2.75, 3.05) is 6.26 Å². The molecular weight excluding hydrogens is 277 g/mol. The summed E-state index contributed by atoms with van der Waals surface area (Å²) in [5.41, 5.74) is -0.122. The van der Waals surface area contributed by atoms with E-state index in [-0.39, 0.29) is 21.4 Å². The molecule has 0 spiro atoms. The maximum Gasteiger partial charge on any atom is 0.256 e. The number of hydrogen-bond donors (Lipinski definition) is 2. The summed E-state index contributed by atoms with van der Waals surface area (Å²) in [5, 5.41) is 12.1. The minimum absolute atomic E-state index is 0.122.